The number of amides is 1. The van der Waals surface area contributed by atoms with Crippen LogP contribution in [0.1, 0.15) is 57.2 Å². The molecule has 1 amide bonds. The highest BCUT2D eigenvalue weighted by atomic mass is 16.5. The molecule has 0 saturated heterocycles. The minimum Gasteiger partial charge on any atom is -0.466 e. The summed E-state index contributed by atoms with van der Waals surface area (Å²) >= 11 is 0. The minimum atomic E-state index is -0.232. The Morgan fingerprint density at radius 3 is 2.43 bits per heavy atom. The van der Waals surface area contributed by atoms with E-state index in [-0.39, 0.29) is 24.2 Å². The van der Waals surface area contributed by atoms with Crippen LogP contribution in [-0.4, -0.2) is 35.2 Å². The van der Waals surface area contributed by atoms with Crippen molar-refractivity contribution in [3.05, 3.63) is 11.7 Å². The van der Waals surface area contributed by atoms with E-state index in [1.165, 1.54) is 32.1 Å². The number of aromatic nitrogens is 2. The molecule has 28 heavy (non-hydrogen) atoms. The van der Waals surface area contributed by atoms with Gasteiger partial charge in [-0.15, -0.1) is 0 Å². The van der Waals surface area contributed by atoms with Gasteiger partial charge in [0.25, 0.3) is 0 Å². The molecule has 5 rings (SSSR count). The lowest BCUT2D eigenvalue weighted by Crippen LogP contribution is -2.51. The molecule has 1 aromatic heterocycles. The highest BCUT2D eigenvalue weighted by Crippen LogP contribution is 2.58. The van der Waals surface area contributed by atoms with E-state index in [4.69, 9.17) is 9.26 Å². The monoisotopic (exact) mass is 389 g/mol. The van der Waals surface area contributed by atoms with Gasteiger partial charge >= 0.3 is 5.97 Å². The van der Waals surface area contributed by atoms with Gasteiger partial charge in [0.1, 0.15) is 0 Å². The van der Waals surface area contributed by atoms with E-state index >= 15 is 0 Å². The van der Waals surface area contributed by atoms with Crippen LogP contribution in [-0.2, 0) is 20.7 Å². The summed E-state index contributed by atoms with van der Waals surface area (Å²) in [6.07, 6.45) is 7.06. The third-order valence-corrected chi connectivity index (χ3v) is 7.01. The standard InChI is InChI=1S/C21H31N3O4/c1-3-27-21(26)17(11-22-18(25)4-5-19-23-12(2)24-28-19)20-15-7-13-6-14(9-15)10-16(20)8-13/h13-17,20H,3-11H2,1-2H3,(H,22,25)/t13?,14?,15?,16?,17-,20?/m0/s1. The maximum Gasteiger partial charge on any atom is 0.311 e. The van der Waals surface area contributed by atoms with Crippen LogP contribution in [0.4, 0.5) is 0 Å². The van der Waals surface area contributed by atoms with Gasteiger partial charge in [0.05, 0.1) is 12.5 Å². The fraction of sp³-hybridized carbons (Fsp3) is 0.810. The predicted molar refractivity (Wildman–Crippen MR) is 101 cm³/mol. The zero-order valence-corrected chi connectivity index (χ0v) is 16.9. The van der Waals surface area contributed by atoms with Crippen LogP contribution >= 0.6 is 0 Å². The molecule has 7 nitrogen and oxygen atoms in total. The second kappa shape index (κ2) is 8.21. The van der Waals surface area contributed by atoms with Crippen LogP contribution in [0.2, 0.25) is 0 Å². The molecule has 0 unspecified atom stereocenters. The number of carbonyl (C=O) groups is 2. The van der Waals surface area contributed by atoms with Gasteiger partial charge in [-0.1, -0.05) is 5.16 Å². The SMILES string of the molecule is CCOC(=O)[C@@H](CNC(=O)CCc1nc(C)no1)C1C2CC3CC(C2)CC1C3. The quantitative estimate of drug-likeness (QED) is 0.687. The van der Waals surface area contributed by atoms with Crippen LogP contribution in [0.3, 0.4) is 0 Å². The van der Waals surface area contributed by atoms with Crippen molar-refractivity contribution in [2.24, 2.45) is 35.5 Å². The highest BCUT2D eigenvalue weighted by molar-refractivity contribution is 5.78. The topological polar surface area (TPSA) is 94.3 Å². The molecule has 1 atom stereocenters. The number of carbonyl (C=O) groups excluding carboxylic acids is 2. The predicted octanol–water partition coefficient (Wildman–Crippen LogP) is 2.68. The Hall–Kier alpha value is -1.92. The van der Waals surface area contributed by atoms with Gasteiger partial charge < -0.3 is 14.6 Å². The van der Waals surface area contributed by atoms with Crippen molar-refractivity contribution in [3.8, 4) is 0 Å². The minimum absolute atomic E-state index is 0.0889. The van der Waals surface area contributed by atoms with E-state index in [2.05, 4.69) is 15.5 Å². The first-order chi connectivity index (χ1) is 13.5. The molecule has 7 heteroatoms. The van der Waals surface area contributed by atoms with Crippen LogP contribution in [0.15, 0.2) is 4.52 Å². The molecule has 1 N–H and O–H groups in total. The molecule has 0 radical (unpaired) electrons. The molecule has 4 fully saturated rings. The second-order valence-corrected chi connectivity index (χ2v) is 8.91. The van der Waals surface area contributed by atoms with Gasteiger partial charge in [-0.05, 0) is 75.5 Å². The average Bonchev–Trinajstić information content (AvgIpc) is 3.07. The van der Waals surface area contributed by atoms with Gasteiger partial charge in [-0.2, -0.15) is 4.98 Å². The first-order valence-electron chi connectivity index (χ1n) is 10.8. The fourth-order valence-corrected chi connectivity index (χ4v) is 6.22. The Morgan fingerprint density at radius 2 is 1.86 bits per heavy atom. The molecular weight excluding hydrogens is 358 g/mol. The van der Waals surface area contributed by atoms with Crippen molar-refractivity contribution >= 4 is 11.9 Å². The first-order valence-corrected chi connectivity index (χ1v) is 10.8. The zero-order valence-electron chi connectivity index (χ0n) is 16.9. The van der Waals surface area contributed by atoms with Crippen LogP contribution in [0.25, 0.3) is 0 Å². The summed E-state index contributed by atoms with van der Waals surface area (Å²) in [5.74, 6) is 3.86. The van der Waals surface area contributed by atoms with E-state index in [0.717, 1.165) is 11.8 Å². The summed E-state index contributed by atoms with van der Waals surface area (Å²) in [6, 6.07) is 0. The summed E-state index contributed by atoms with van der Waals surface area (Å²) in [4.78, 5) is 29.2. The second-order valence-electron chi connectivity index (χ2n) is 8.91. The lowest BCUT2D eigenvalue weighted by molar-refractivity contribution is -0.157. The number of hydrogen-bond acceptors (Lipinski definition) is 6. The number of rotatable bonds is 8. The number of esters is 1. The summed E-state index contributed by atoms with van der Waals surface area (Å²) in [5, 5.41) is 6.72. The van der Waals surface area contributed by atoms with Crippen molar-refractivity contribution in [1.29, 1.82) is 0 Å². The van der Waals surface area contributed by atoms with Gasteiger partial charge in [0.2, 0.25) is 11.8 Å². The maximum absolute atomic E-state index is 12.8. The number of nitrogens with zero attached hydrogens (tertiary/aromatic N) is 2. The molecule has 4 saturated carbocycles. The van der Waals surface area contributed by atoms with Crippen LogP contribution in [0.5, 0.6) is 0 Å². The zero-order chi connectivity index (χ0) is 19.7. The number of ether oxygens (including phenoxy) is 1. The molecule has 154 valence electrons. The molecule has 4 aliphatic carbocycles. The highest BCUT2D eigenvalue weighted by Gasteiger charge is 2.52. The van der Waals surface area contributed by atoms with Crippen molar-refractivity contribution in [2.75, 3.05) is 13.2 Å². The molecule has 4 bridgehead atoms. The average molecular weight is 389 g/mol. The molecule has 0 spiro atoms. The Morgan fingerprint density at radius 1 is 1.18 bits per heavy atom. The van der Waals surface area contributed by atoms with E-state index < -0.39 is 0 Å². The van der Waals surface area contributed by atoms with Gasteiger partial charge in [0.15, 0.2) is 5.82 Å². The molecule has 0 aromatic carbocycles. The number of hydrogen-bond donors (Lipinski definition) is 1. The van der Waals surface area contributed by atoms with E-state index in [0.29, 0.717) is 49.0 Å². The van der Waals surface area contributed by atoms with Crippen LogP contribution < -0.4 is 5.32 Å². The summed E-state index contributed by atoms with van der Waals surface area (Å²) in [7, 11) is 0. The number of nitrogens with one attached hydrogen (secondary N) is 1. The van der Waals surface area contributed by atoms with E-state index in [1.807, 2.05) is 6.92 Å². The smallest absolute Gasteiger partial charge is 0.311 e. The molecule has 1 heterocycles. The van der Waals surface area contributed by atoms with Crippen LogP contribution in [0, 0.1) is 42.4 Å². The Bertz CT molecular complexity index is 688. The first kappa shape index (κ1) is 19.4. The fourth-order valence-electron chi connectivity index (χ4n) is 6.22. The summed E-state index contributed by atoms with van der Waals surface area (Å²) in [6.45, 7) is 4.35. The van der Waals surface area contributed by atoms with Crippen molar-refractivity contribution in [2.45, 2.75) is 58.8 Å². The molecule has 1 aromatic rings. The van der Waals surface area contributed by atoms with Gasteiger partial charge in [-0.3, -0.25) is 9.59 Å². The Kier molecular flexibility index (Phi) is 5.69. The van der Waals surface area contributed by atoms with E-state index in [1.54, 1.807) is 6.92 Å². The third kappa shape index (κ3) is 4.08. The molecular formula is C21H31N3O4. The number of aryl methyl sites for hydroxylation is 2. The summed E-state index contributed by atoms with van der Waals surface area (Å²) in [5.41, 5.74) is 0. The normalized spacial score (nSPS) is 31.6. The van der Waals surface area contributed by atoms with Crippen molar-refractivity contribution in [1.82, 2.24) is 15.5 Å². The van der Waals surface area contributed by atoms with Gasteiger partial charge in [0, 0.05) is 19.4 Å². The van der Waals surface area contributed by atoms with E-state index in [9.17, 15) is 9.59 Å². The lowest BCUT2D eigenvalue weighted by atomic mass is 9.49. The van der Waals surface area contributed by atoms with Crippen molar-refractivity contribution in [3.63, 3.8) is 0 Å². The lowest BCUT2D eigenvalue weighted by Gasteiger charge is -2.56. The summed E-state index contributed by atoms with van der Waals surface area (Å²) < 4.78 is 10.5. The van der Waals surface area contributed by atoms with Gasteiger partial charge in [-0.25, -0.2) is 0 Å². The molecule has 4 aliphatic rings. The Balaban J connectivity index is 1.36. The molecule has 0 aliphatic heterocycles. The maximum atomic E-state index is 12.8. The Labute approximate surface area is 166 Å². The third-order valence-electron chi connectivity index (χ3n) is 7.01. The van der Waals surface area contributed by atoms with Crippen molar-refractivity contribution < 1.29 is 18.8 Å². The largest absolute Gasteiger partial charge is 0.466 e.